The molecule has 3 rings (SSSR count). The lowest BCUT2D eigenvalue weighted by Crippen LogP contribution is -2.22. The van der Waals surface area contributed by atoms with Crippen molar-refractivity contribution in [2.24, 2.45) is 0 Å². The predicted octanol–water partition coefficient (Wildman–Crippen LogP) is 1.13. The predicted molar refractivity (Wildman–Crippen MR) is 68.4 cm³/mol. The lowest BCUT2D eigenvalue weighted by Gasteiger charge is -2.09. The molecule has 6 nitrogen and oxygen atoms in total. The number of hydrogen-bond acceptors (Lipinski definition) is 4. The number of hydrogen-bond donors (Lipinski definition) is 2. The molecule has 1 unspecified atom stereocenters. The van der Waals surface area contributed by atoms with Crippen molar-refractivity contribution in [3.63, 3.8) is 0 Å². The molecule has 1 saturated heterocycles. The van der Waals surface area contributed by atoms with Crippen molar-refractivity contribution in [1.82, 2.24) is 20.6 Å². The van der Waals surface area contributed by atoms with E-state index in [1.54, 1.807) is 12.1 Å². The molecule has 0 spiro atoms. The van der Waals surface area contributed by atoms with E-state index in [-0.39, 0.29) is 5.91 Å². The molecule has 0 radical (unpaired) electrons. The van der Waals surface area contributed by atoms with E-state index in [0.717, 1.165) is 22.4 Å². The molecule has 6 heteroatoms. The van der Waals surface area contributed by atoms with Crippen LogP contribution in [0.1, 0.15) is 23.0 Å². The lowest BCUT2D eigenvalue weighted by atomic mass is 10.1. The summed E-state index contributed by atoms with van der Waals surface area (Å²) in [6, 6.07) is 4.25. The van der Waals surface area contributed by atoms with Crippen molar-refractivity contribution < 1.29 is 9.59 Å². The zero-order chi connectivity index (χ0) is 13.6. The van der Waals surface area contributed by atoms with E-state index in [2.05, 4.69) is 20.6 Å². The summed E-state index contributed by atoms with van der Waals surface area (Å²) < 4.78 is 0. The Morgan fingerprint density at radius 3 is 2.37 bits per heavy atom. The number of imide groups is 1. The summed E-state index contributed by atoms with van der Waals surface area (Å²) in [6.07, 6.45) is 0. The number of fused-ring (bicyclic) bond motifs is 1. The summed E-state index contributed by atoms with van der Waals surface area (Å²) in [5.74, 6) is -0.346. The van der Waals surface area contributed by atoms with Gasteiger partial charge in [-0.15, -0.1) is 0 Å². The molecule has 96 valence electrons. The summed E-state index contributed by atoms with van der Waals surface area (Å²) in [7, 11) is 0. The average molecular weight is 256 g/mol. The first-order valence-electron chi connectivity index (χ1n) is 5.91. The van der Waals surface area contributed by atoms with Crippen LogP contribution in [0.3, 0.4) is 0 Å². The highest BCUT2D eigenvalue weighted by atomic mass is 16.2. The van der Waals surface area contributed by atoms with Crippen molar-refractivity contribution in [3.05, 3.63) is 35.2 Å². The van der Waals surface area contributed by atoms with Crippen LogP contribution in [0.4, 0.5) is 4.79 Å². The number of nitrogens with zero attached hydrogens (tertiary/aromatic N) is 2. The Bertz CT molecular complexity index is 711. The minimum atomic E-state index is -0.652. The highest BCUT2D eigenvalue weighted by molar-refractivity contribution is 6.04. The Labute approximate surface area is 109 Å². The van der Waals surface area contributed by atoms with E-state index in [9.17, 15) is 9.59 Å². The molecule has 2 heterocycles. The van der Waals surface area contributed by atoms with Gasteiger partial charge in [0.15, 0.2) is 0 Å². The number of carbonyl (C=O) groups excluding carboxylic acids is 2. The second kappa shape index (κ2) is 4.01. The van der Waals surface area contributed by atoms with E-state index in [0.29, 0.717) is 5.56 Å². The molecule has 1 aromatic heterocycles. The maximum atomic E-state index is 11.6. The molecule has 1 atom stereocenters. The fourth-order valence-electron chi connectivity index (χ4n) is 2.08. The maximum Gasteiger partial charge on any atom is 0.322 e. The van der Waals surface area contributed by atoms with Crippen LogP contribution in [-0.4, -0.2) is 21.9 Å². The van der Waals surface area contributed by atoms with Gasteiger partial charge >= 0.3 is 6.03 Å². The number of carbonyl (C=O) groups is 2. The van der Waals surface area contributed by atoms with Gasteiger partial charge in [0.25, 0.3) is 5.91 Å². The third-order valence-electron chi connectivity index (χ3n) is 3.21. The molecule has 1 aromatic carbocycles. The fraction of sp³-hybridized carbons (Fsp3) is 0.231. The van der Waals surface area contributed by atoms with Gasteiger partial charge in [-0.25, -0.2) is 14.8 Å². The SMILES string of the molecule is Cc1nc2ccc(C3NC(=O)NC3=O)cc2nc1C. The molecular weight excluding hydrogens is 244 g/mol. The third kappa shape index (κ3) is 1.91. The second-order valence-electron chi connectivity index (χ2n) is 4.54. The van der Waals surface area contributed by atoms with Crippen molar-refractivity contribution in [3.8, 4) is 0 Å². The monoisotopic (exact) mass is 256 g/mol. The summed E-state index contributed by atoms with van der Waals surface area (Å²) in [6.45, 7) is 3.79. The Morgan fingerprint density at radius 1 is 1.05 bits per heavy atom. The molecule has 2 N–H and O–H groups in total. The van der Waals surface area contributed by atoms with E-state index < -0.39 is 12.1 Å². The Morgan fingerprint density at radius 2 is 1.74 bits per heavy atom. The Balaban J connectivity index is 2.09. The van der Waals surface area contributed by atoms with Crippen molar-refractivity contribution in [1.29, 1.82) is 0 Å². The van der Waals surface area contributed by atoms with Crippen molar-refractivity contribution in [2.75, 3.05) is 0 Å². The maximum absolute atomic E-state index is 11.6. The first-order chi connectivity index (χ1) is 9.04. The number of aromatic nitrogens is 2. The molecule has 19 heavy (non-hydrogen) atoms. The van der Waals surface area contributed by atoms with Crippen LogP contribution >= 0.6 is 0 Å². The Hall–Kier alpha value is -2.50. The second-order valence-corrected chi connectivity index (χ2v) is 4.54. The van der Waals surface area contributed by atoms with Gasteiger partial charge in [-0.3, -0.25) is 10.1 Å². The molecule has 2 aromatic rings. The van der Waals surface area contributed by atoms with E-state index in [4.69, 9.17) is 0 Å². The molecule has 1 aliphatic rings. The molecular formula is C13H12N4O2. The van der Waals surface area contributed by atoms with Crippen LogP contribution in [0, 0.1) is 13.8 Å². The number of nitrogens with one attached hydrogen (secondary N) is 2. The quantitative estimate of drug-likeness (QED) is 0.749. The average Bonchev–Trinajstić information content (AvgIpc) is 2.69. The van der Waals surface area contributed by atoms with Crippen LogP contribution in [-0.2, 0) is 4.79 Å². The number of aryl methyl sites for hydroxylation is 2. The topological polar surface area (TPSA) is 84.0 Å². The molecule has 0 bridgehead atoms. The smallest absolute Gasteiger partial charge is 0.322 e. The van der Waals surface area contributed by atoms with Gasteiger partial charge in [-0.1, -0.05) is 6.07 Å². The molecule has 0 aliphatic carbocycles. The zero-order valence-corrected chi connectivity index (χ0v) is 10.5. The minimum Gasteiger partial charge on any atom is -0.322 e. The van der Waals surface area contributed by atoms with Crippen LogP contribution < -0.4 is 10.6 Å². The number of rotatable bonds is 1. The van der Waals surface area contributed by atoms with Gasteiger partial charge in [0.2, 0.25) is 0 Å². The van der Waals surface area contributed by atoms with E-state index >= 15 is 0 Å². The molecule has 0 saturated carbocycles. The first-order valence-corrected chi connectivity index (χ1v) is 5.91. The summed E-state index contributed by atoms with van der Waals surface area (Å²) in [5, 5.41) is 4.77. The zero-order valence-electron chi connectivity index (χ0n) is 10.5. The van der Waals surface area contributed by atoms with Crippen LogP contribution in [0.15, 0.2) is 18.2 Å². The third-order valence-corrected chi connectivity index (χ3v) is 3.21. The Kier molecular flexibility index (Phi) is 2.45. The number of amides is 3. The van der Waals surface area contributed by atoms with Gasteiger partial charge in [-0.05, 0) is 31.5 Å². The summed E-state index contributed by atoms with van der Waals surface area (Å²) >= 11 is 0. The van der Waals surface area contributed by atoms with Gasteiger partial charge in [0.1, 0.15) is 6.04 Å². The highest BCUT2D eigenvalue weighted by Gasteiger charge is 2.30. The highest BCUT2D eigenvalue weighted by Crippen LogP contribution is 2.21. The van der Waals surface area contributed by atoms with Gasteiger partial charge in [0.05, 0.1) is 22.4 Å². The normalized spacial score (nSPS) is 18.5. The molecule has 1 fully saturated rings. The van der Waals surface area contributed by atoms with E-state index in [1.807, 2.05) is 19.9 Å². The summed E-state index contributed by atoms with van der Waals surface area (Å²) in [4.78, 5) is 31.6. The standard InChI is InChI=1S/C13H12N4O2/c1-6-7(2)15-10-5-8(3-4-9(10)14-6)11-12(18)17-13(19)16-11/h3-5,11H,1-2H3,(H2,16,17,18,19). The minimum absolute atomic E-state index is 0.346. The number of benzene rings is 1. The largest absolute Gasteiger partial charge is 0.322 e. The lowest BCUT2D eigenvalue weighted by molar-refractivity contribution is -0.120. The van der Waals surface area contributed by atoms with Crippen molar-refractivity contribution in [2.45, 2.75) is 19.9 Å². The first kappa shape index (κ1) is 11.6. The van der Waals surface area contributed by atoms with Crippen LogP contribution in [0.2, 0.25) is 0 Å². The van der Waals surface area contributed by atoms with Crippen LogP contribution in [0.25, 0.3) is 11.0 Å². The molecule has 3 amide bonds. The number of urea groups is 1. The van der Waals surface area contributed by atoms with E-state index in [1.165, 1.54) is 0 Å². The van der Waals surface area contributed by atoms with Gasteiger partial charge < -0.3 is 5.32 Å². The van der Waals surface area contributed by atoms with Gasteiger partial charge in [-0.2, -0.15) is 0 Å². The summed E-state index contributed by atoms with van der Waals surface area (Å²) in [5.41, 5.74) is 3.93. The molecule has 1 aliphatic heterocycles. The van der Waals surface area contributed by atoms with Crippen molar-refractivity contribution >= 4 is 23.0 Å². The fourth-order valence-corrected chi connectivity index (χ4v) is 2.08. The van der Waals surface area contributed by atoms with Crippen LogP contribution in [0.5, 0.6) is 0 Å². The van der Waals surface area contributed by atoms with Gasteiger partial charge in [0, 0.05) is 0 Å².